The molecule has 0 spiro atoms. The highest BCUT2D eigenvalue weighted by Crippen LogP contribution is 2.27. The number of hydrogen-bond acceptors (Lipinski definition) is 2. The van der Waals surface area contributed by atoms with E-state index in [0.717, 1.165) is 36.3 Å². The van der Waals surface area contributed by atoms with E-state index in [1.54, 1.807) is 6.07 Å². The first-order chi connectivity index (χ1) is 8.68. The van der Waals surface area contributed by atoms with Crippen molar-refractivity contribution in [3.8, 4) is 5.75 Å². The van der Waals surface area contributed by atoms with Crippen LogP contribution in [0.2, 0.25) is 0 Å². The summed E-state index contributed by atoms with van der Waals surface area (Å²) in [6, 6.07) is 5.59. The first kappa shape index (κ1) is 13.0. The van der Waals surface area contributed by atoms with E-state index in [9.17, 15) is 5.11 Å². The molecular formula is C15H22N2O. The zero-order valence-electron chi connectivity index (χ0n) is 11.2. The molecule has 0 saturated carbocycles. The fourth-order valence-electron chi connectivity index (χ4n) is 2.17. The number of aromatic amines is 1. The van der Waals surface area contributed by atoms with Gasteiger partial charge >= 0.3 is 0 Å². The van der Waals surface area contributed by atoms with E-state index < -0.39 is 0 Å². The second-order valence-corrected chi connectivity index (χ2v) is 5.20. The van der Waals surface area contributed by atoms with Gasteiger partial charge in [-0.2, -0.15) is 0 Å². The van der Waals surface area contributed by atoms with Crippen molar-refractivity contribution in [1.82, 2.24) is 10.3 Å². The van der Waals surface area contributed by atoms with Crippen LogP contribution in [0.15, 0.2) is 24.4 Å². The van der Waals surface area contributed by atoms with Gasteiger partial charge in [0.2, 0.25) is 0 Å². The van der Waals surface area contributed by atoms with Crippen molar-refractivity contribution in [2.24, 2.45) is 5.92 Å². The Balaban J connectivity index is 1.92. The summed E-state index contributed by atoms with van der Waals surface area (Å²) in [5.74, 6) is 1.11. The summed E-state index contributed by atoms with van der Waals surface area (Å²) in [6.45, 7) is 6.48. The molecule has 0 fully saturated rings. The topological polar surface area (TPSA) is 48.0 Å². The Morgan fingerprint density at radius 2 is 2.11 bits per heavy atom. The van der Waals surface area contributed by atoms with Gasteiger partial charge in [-0.3, -0.25) is 0 Å². The van der Waals surface area contributed by atoms with E-state index in [0.29, 0.717) is 5.75 Å². The summed E-state index contributed by atoms with van der Waals surface area (Å²) >= 11 is 0. The minimum Gasteiger partial charge on any atom is -0.507 e. The van der Waals surface area contributed by atoms with Crippen LogP contribution < -0.4 is 5.32 Å². The summed E-state index contributed by atoms with van der Waals surface area (Å²) in [5, 5.41) is 14.3. The maximum atomic E-state index is 9.88. The van der Waals surface area contributed by atoms with Gasteiger partial charge in [-0.1, -0.05) is 19.9 Å². The number of fused-ring (bicyclic) bond motifs is 1. The third kappa shape index (κ3) is 3.05. The average molecular weight is 246 g/mol. The van der Waals surface area contributed by atoms with Crippen LogP contribution in [0.25, 0.3) is 10.9 Å². The zero-order chi connectivity index (χ0) is 13.0. The van der Waals surface area contributed by atoms with Crippen LogP contribution in [0, 0.1) is 5.92 Å². The van der Waals surface area contributed by atoms with Crippen molar-refractivity contribution < 1.29 is 5.11 Å². The van der Waals surface area contributed by atoms with Gasteiger partial charge in [-0.25, -0.2) is 0 Å². The molecule has 1 heterocycles. The standard InChI is InChI=1S/C15H22N2O/c1-11(2)6-8-16-9-7-12-10-17-13-4-3-5-14(18)15(12)13/h3-5,10-11,16-18H,6-9H2,1-2H3. The number of rotatable bonds is 6. The summed E-state index contributed by atoms with van der Waals surface area (Å²) in [6.07, 6.45) is 4.14. The van der Waals surface area contributed by atoms with E-state index in [2.05, 4.69) is 24.1 Å². The Hall–Kier alpha value is -1.48. The number of aromatic hydroxyl groups is 1. The maximum Gasteiger partial charge on any atom is 0.125 e. The van der Waals surface area contributed by atoms with Crippen LogP contribution in [0.1, 0.15) is 25.8 Å². The molecule has 3 nitrogen and oxygen atoms in total. The fraction of sp³-hybridized carbons (Fsp3) is 0.467. The number of phenolic OH excluding ortho intramolecular Hbond substituents is 1. The Kier molecular flexibility index (Phi) is 4.26. The summed E-state index contributed by atoms with van der Waals surface area (Å²) in [7, 11) is 0. The Bertz CT molecular complexity index is 502. The maximum absolute atomic E-state index is 9.88. The predicted octanol–water partition coefficient (Wildman–Crippen LogP) is 3.05. The molecule has 2 aromatic rings. The molecule has 3 heteroatoms. The Labute approximate surface area is 108 Å². The number of benzene rings is 1. The monoisotopic (exact) mass is 246 g/mol. The van der Waals surface area contributed by atoms with Crippen molar-refractivity contribution in [3.63, 3.8) is 0 Å². The van der Waals surface area contributed by atoms with E-state index in [1.165, 1.54) is 12.0 Å². The van der Waals surface area contributed by atoms with Gasteiger partial charge in [0.25, 0.3) is 0 Å². The van der Waals surface area contributed by atoms with Gasteiger partial charge in [-0.15, -0.1) is 0 Å². The van der Waals surface area contributed by atoms with Crippen LogP contribution in [0.5, 0.6) is 5.75 Å². The predicted molar refractivity (Wildman–Crippen MR) is 76.0 cm³/mol. The lowest BCUT2D eigenvalue weighted by Gasteiger charge is -2.06. The van der Waals surface area contributed by atoms with Gasteiger partial charge in [0.15, 0.2) is 0 Å². The zero-order valence-corrected chi connectivity index (χ0v) is 11.2. The minimum atomic E-state index is 0.367. The molecule has 0 atom stereocenters. The molecule has 0 aliphatic rings. The lowest BCUT2D eigenvalue weighted by atomic mass is 10.1. The Morgan fingerprint density at radius 3 is 2.89 bits per heavy atom. The molecule has 0 bridgehead atoms. The molecule has 0 amide bonds. The molecule has 0 radical (unpaired) electrons. The molecule has 18 heavy (non-hydrogen) atoms. The van der Waals surface area contributed by atoms with Crippen LogP contribution in [0.3, 0.4) is 0 Å². The van der Waals surface area contributed by atoms with Crippen LogP contribution >= 0.6 is 0 Å². The SMILES string of the molecule is CC(C)CCNCCc1c[nH]c2cccc(O)c12. The third-order valence-corrected chi connectivity index (χ3v) is 3.24. The average Bonchev–Trinajstić information content (AvgIpc) is 2.73. The lowest BCUT2D eigenvalue weighted by Crippen LogP contribution is -2.19. The van der Waals surface area contributed by atoms with Crippen LogP contribution in [0.4, 0.5) is 0 Å². The van der Waals surface area contributed by atoms with Gasteiger partial charge in [0.05, 0.1) is 0 Å². The highest BCUT2D eigenvalue weighted by molar-refractivity contribution is 5.88. The van der Waals surface area contributed by atoms with E-state index in [4.69, 9.17) is 0 Å². The second-order valence-electron chi connectivity index (χ2n) is 5.20. The minimum absolute atomic E-state index is 0.367. The summed E-state index contributed by atoms with van der Waals surface area (Å²) < 4.78 is 0. The lowest BCUT2D eigenvalue weighted by molar-refractivity contribution is 0.481. The summed E-state index contributed by atoms with van der Waals surface area (Å²) in [5.41, 5.74) is 2.19. The first-order valence-electron chi connectivity index (χ1n) is 6.67. The highest BCUT2D eigenvalue weighted by Gasteiger charge is 2.07. The van der Waals surface area contributed by atoms with Crippen LogP contribution in [-0.4, -0.2) is 23.2 Å². The van der Waals surface area contributed by atoms with Crippen molar-refractivity contribution in [3.05, 3.63) is 30.0 Å². The van der Waals surface area contributed by atoms with Gasteiger partial charge < -0.3 is 15.4 Å². The number of phenols is 1. The molecular weight excluding hydrogens is 224 g/mol. The second kappa shape index (κ2) is 5.91. The molecule has 2 rings (SSSR count). The molecule has 3 N–H and O–H groups in total. The molecule has 0 saturated heterocycles. The van der Waals surface area contributed by atoms with Gasteiger partial charge in [0.1, 0.15) is 5.75 Å². The first-order valence-corrected chi connectivity index (χ1v) is 6.67. The highest BCUT2D eigenvalue weighted by atomic mass is 16.3. The van der Waals surface area contributed by atoms with Crippen molar-refractivity contribution >= 4 is 10.9 Å². The quantitative estimate of drug-likeness (QED) is 0.686. The van der Waals surface area contributed by atoms with Crippen molar-refractivity contribution in [2.75, 3.05) is 13.1 Å². The smallest absolute Gasteiger partial charge is 0.125 e. The molecule has 1 aromatic carbocycles. The van der Waals surface area contributed by atoms with E-state index in [-0.39, 0.29) is 0 Å². The summed E-state index contributed by atoms with van der Waals surface area (Å²) in [4.78, 5) is 3.20. The molecule has 1 aromatic heterocycles. The van der Waals surface area contributed by atoms with Gasteiger partial charge in [0, 0.05) is 17.1 Å². The largest absolute Gasteiger partial charge is 0.507 e. The van der Waals surface area contributed by atoms with Gasteiger partial charge in [-0.05, 0) is 49.5 Å². The normalized spacial score (nSPS) is 11.5. The molecule has 0 aliphatic carbocycles. The third-order valence-electron chi connectivity index (χ3n) is 3.24. The number of H-pyrrole nitrogens is 1. The molecule has 98 valence electrons. The molecule has 0 unspecified atom stereocenters. The van der Waals surface area contributed by atoms with Crippen molar-refractivity contribution in [1.29, 1.82) is 0 Å². The van der Waals surface area contributed by atoms with Crippen LogP contribution in [-0.2, 0) is 6.42 Å². The fourth-order valence-corrected chi connectivity index (χ4v) is 2.17. The number of hydrogen-bond donors (Lipinski definition) is 3. The number of nitrogens with one attached hydrogen (secondary N) is 2. The van der Waals surface area contributed by atoms with E-state index in [1.807, 2.05) is 18.3 Å². The molecule has 0 aliphatic heterocycles. The van der Waals surface area contributed by atoms with Crippen molar-refractivity contribution in [2.45, 2.75) is 26.7 Å². The number of aromatic nitrogens is 1. The Morgan fingerprint density at radius 1 is 1.28 bits per heavy atom. The van der Waals surface area contributed by atoms with E-state index >= 15 is 0 Å².